The summed E-state index contributed by atoms with van der Waals surface area (Å²) in [6, 6.07) is 13.4. The summed E-state index contributed by atoms with van der Waals surface area (Å²) >= 11 is 0. The van der Waals surface area contributed by atoms with Crippen LogP contribution in [0.4, 0.5) is 0 Å². The summed E-state index contributed by atoms with van der Waals surface area (Å²) in [7, 11) is -4.56. The van der Waals surface area contributed by atoms with Crippen molar-refractivity contribution >= 4 is 10.1 Å². The van der Waals surface area contributed by atoms with Gasteiger partial charge in [0.1, 0.15) is 21.6 Å². The Morgan fingerprint density at radius 1 is 0.885 bits per heavy atom. The summed E-state index contributed by atoms with van der Waals surface area (Å²) < 4.78 is 39.4. The summed E-state index contributed by atoms with van der Waals surface area (Å²) in [4.78, 5) is -0.342. The van der Waals surface area contributed by atoms with Crippen molar-refractivity contribution in [1.29, 1.82) is 0 Å². The van der Waals surface area contributed by atoms with E-state index in [1.165, 1.54) is 62.3 Å². The van der Waals surface area contributed by atoms with Gasteiger partial charge < -0.3 is 9.29 Å². The molecule has 0 atom stereocenters. The molecule has 2 rings (SSSR count). The monoisotopic (exact) mass is 400 g/mol. The second kappa shape index (κ2) is 12.3. The van der Waals surface area contributed by atoms with Crippen molar-refractivity contribution in [3.05, 3.63) is 54.1 Å². The molecule has 0 fully saturated rings. The van der Waals surface area contributed by atoms with Gasteiger partial charge in [0.25, 0.3) is 0 Å². The molecule has 0 spiro atoms. The molecule has 0 saturated heterocycles. The average molecular weight is 401 g/mol. The topological polar surface area (TPSA) is 66.4 Å². The molecule has 0 unspecified atom stereocenters. The molecule has 136 valence electrons. The molecule has 2 aromatic rings. The van der Waals surface area contributed by atoms with Gasteiger partial charge in [-0.2, -0.15) is 0 Å². The van der Waals surface area contributed by atoms with Crippen LogP contribution in [0.5, 0.6) is 11.5 Å². The van der Waals surface area contributed by atoms with E-state index in [-0.39, 0.29) is 62.0 Å². The van der Waals surface area contributed by atoms with E-state index in [1.807, 2.05) is 12.1 Å². The Bertz CT molecular complexity index is 758. The third-order valence-electron chi connectivity index (χ3n) is 4.09. The number of para-hydroxylation sites is 1. The minimum absolute atomic E-state index is 0. The first-order valence-corrected chi connectivity index (χ1v) is 10.2. The molecule has 4 nitrogen and oxygen atoms in total. The number of unbranched alkanes of at least 4 members (excludes halogenated alkanes) is 5. The minimum atomic E-state index is -4.56. The fourth-order valence-electron chi connectivity index (χ4n) is 2.70. The Kier molecular flexibility index (Phi) is 11.3. The van der Waals surface area contributed by atoms with Gasteiger partial charge in [0.2, 0.25) is 0 Å². The van der Waals surface area contributed by atoms with Crippen LogP contribution in [0, 0.1) is 0 Å². The number of hydrogen-bond donors (Lipinski definition) is 0. The Balaban J connectivity index is 0.00000338. The van der Waals surface area contributed by atoms with E-state index in [1.54, 1.807) is 18.2 Å². The van der Waals surface area contributed by atoms with Gasteiger partial charge in [-0.15, -0.1) is 0 Å². The Labute approximate surface area is 199 Å². The van der Waals surface area contributed by atoms with Gasteiger partial charge in [0, 0.05) is 0 Å². The summed E-state index contributed by atoms with van der Waals surface area (Å²) in [5.74, 6) is 0.573. The van der Waals surface area contributed by atoms with E-state index >= 15 is 0 Å². The molecule has 6 heteroatoms. The molecule has 0 saturated carbocycles. The van der Waals surface area contributed by atoms with Crippen LogP contribution in [0.3, 0.4) is 0 Å². The molecule has 0 radical (unpaired) electrons. The Hall–Kier alpha value is -0.214. The Morgan fingerprint density at radius 2 is 1.50 bits per heavy atom. The van der Waals surface area contributed by atoms with Crippen molar-refractivity contribution in [2.45, 2.75) is 56.8 Å². The second-order valence-corrected chi connectivity index (χ2v) is 7.51. The number of aryl methyl sites for hydroxylation is 1. The van der Waals surface area contributed by atoms with Crippen LogP contribution in [0.2, 0.25) is 0 Å². The smallest absolute Gasteiger partial charge is 0.744 e. The maximum Gasteiger partial charge on any atom is 1.00 e. The van der Waals surface area contributed by atoms with Crippen LogP contribution in [-0.4, -0.2) is 13.0 Å². The summed E-state index contributed by atoms with van der Waals surface area (Å²) in [5.41, 5.74) is 1.23. The first kappa shape index (κ1) is 23.8. The Morgan fingerprint density at radius 3 is 2.15 bits per heavy atom. The van der Waals surface area contributed by atoms with Crippen LogP contribution < -0.4 is 56.1 Å². The minimum Gasteiger partial charge on any atom is -0.744 e. The molecule has 2 aromatic carbocycles. The number of ether oxygens (including phenoxy) is 1. The molecule has 0 heterocycles. The van der Waals surface area contributed by atoms with Gasteiger partial charge in [0.15, 0.2) is 0 Å². The van der Waals surface area contributed by atoms with Gasteiger partial charge in [-0.05, 0) is 42.7 Å². The zero-order valence-corrected chi connectivity index (χ0v) is 19.5. The molecule has 0 amide bonds. The van der Waals surface area contributed by atoms with Gasteiger partial charge in [-0.1, -0.05) is 63.3 Å². The summed E-state index contributed by atoms with van der Waals surface area (Å²) in [6.45, 7) is 2.22. The van der Waals surface area contributed by atoms with E-state index < -0.39 is 10.1 Å². The van der Waals surface area contributed by atoms with Gasteiger partial charge in [-0.25, -0.2) is 8.42 Å². The first-order valence-electron chi connectivity index (χ1n) is 8.82. The van der Waals surface area contributed by atoms with Crippen molar-refractivity contribution in [3.63, 3.8) is 0 Å². The molecule has 26 heavy (non-hydrogen) atoms. The number of rotatable bonds is 10. The molecule has 0 aliphatic carbocycles. The largest absolute Gasteiger partial charge is 1.00 e. The second-order valence-electron chi connectivity index (χ2n) is 6.16. The molecule has 0 bridgehead atoms. The van der Waals surface area contributed by atoms with Gasteiger partial charge in [0.05, 0.1) is 4.90 Å². The van der Waals surface area contributed by atoms with Crippen LogP contribution in [0.15, 0.2) is 53.4 Å². The van der Waals surface area contributed by atoms with Crippen molar-refractivity contribution < 1.29 is 69.1 Å². The normalized spacial score (nSPS) is 11.0. The fraction of sp³-hybridized carbons (Fsp3) is 0.400. The molecular formula is C20H25KO4S. The molecular weight excluding hydrogens is 375 g/mol. The van der Waals surface area contributed by atoms with E-state index in [4.69, 9.17) is 4.74 Å². The van der Waals surface area contributed by atoms with Crippen LogP contribution in [0.25, 0.3) is 0 Å². The quantitative estimate of drug-likeness (QED) is 0.349. The third-order valence-corrected chi connectivity index (χ3v) is 4.96. The van der Waals surface area contributed by atoms with Crippen molar-refractivity contribution in [2.24, 2.45) is 0 Å². The molecule has 0 aliphatic rings. The van der Waals surface area contributed by atoms with E-state index in [9.17, 15) is 13.0 Å². The zero-order chi connectivity index (χ0) is 18.1. The van der Waals surface area contributed by atoms with Crippen molar-refractivity contribution in [2.75, 3.05) is 0 Å². The number of benzene rings is 2. The van der Waals surface area contributed by atoms with Crippen LogP contribution in [0.1, 0.15) is 51.0 Å². The standard InChI is InChI=1S/C20H26O4S.K/c1-2-3-4-5-6-7-10-17-13-15-18(16-14-17)24-19-11-8-9-12-20(19)25(21,22)23;/h8-9,11-16H,2-7,10H2,1H3,(H,21,22,23);/q;+1/p-1. The maximum atomic E-state index is 11.3. The maximum absolute atomic E-state index is 11.3. The van der Waals surface area contributed by atoms with Crippen LogP contribution in [-0.2, 0) is 16.5 Å². The van der Waals surface area contributed by atoms with Gasteiger partial charge >= 0.3 is 51.4 Å². The van der Waals surface area contributed by atoms with Crippen LogP contribution >= 0.6 is 0 Å². The predicted molar refractivity (Wildman–Crippen MR) is 98.0 cm³/mol. The fourth-order valence-corrected chi connectivity index (χ4v) is 3.30. The van der Waals surface area contributed by atoms with Gasteiger partial charge in [-0.3, -0.25) is 0 Å². The SMILES string of the molecule is CCCCCCCCc1ccc(Oc2ccccc2S(=O)(=O)[O-])cc1.[K+]. The van der Waals surface area contributed by atoms with E-state index in [2.05, 4.69) is 6.92 Å². The molecule has 0 N–H and O–H groups in total. The third kappa shape index (κ3) is 8.21. The van der Waals surface area contributed by atoms with Crippen molar-refractivity contribution in [3.8, 4) is 11.5 Å². The van der Waals surface area contributed by atoms with E-state index in [0.717, 1.165) is 6.42 Å². The molecule has 0 aliphatic heterocycles. The summed E-state index contributed by atoms with van der Waals surface area (Å²) in [6.07, 6.45) is 8.61. The predicted octanol–water partition coefficient (Wildman–Crippen LogP) is 2.29. The zero-order valence-electron chi connectivity index (χ0n) is 15.6. The number of hydrogen-bond acceptors (Lipinski definition) is 4. The average Bonchev–Trinajstić information content (AvgIpc) is 2.59. The first-order chi connectivity index (χ1) is 12.0. The summed E-state index contributed by atoms with van der Waals surface area (Å²) in [5, 5.41) is 0. The van der Waals surface area contributed by atoms with E-state index in [0.29, 0.717) is 5.75 Å². The van der Waals surface area contributed by atoms with Crippen molar-refractivity contribution in [1.82, 2.24) is 0 Å². The molecule has 0 aromatic heterocycles.